The topological polar surface area (TPSA) is 93.2 Å². The van der Waals surface area contributed by atoms with Crippen molar-refractivity contribution in [3.8, 4) is 5.75 Å². The predicted molar refractivity (Wildman–Crippen MR) is 125 cm³/mol. The summed E-state index contributed by atoms with van der Waals surface area (Å²) in [5.74, 6) is -0.928. The average Bonchev–Trinajstić information content (AvgIpc) is 3.02. The molecule has 2 aliphatic rings. The summed E-state index contributed by atoms with van der Waals surface area (Å²) in [6, 6.07) is 12.3. The van der Waals surface area contributed by atoms with Gasteiger partial charge in [0.1, 0.15) is 5.75 Å². The average molecular weight is 465 g/mol. The van der Waals surface area contributed by atoms with Crippen molar-refractivity contribution >= 4 is 29.3 Å². The molecule has 1 unspecified atom stereocenters. The van der Waals surface area contributed by atoms with E-state index >= 15 is 0 Å². The van der Waals surface area contributed by atoms with Crippen LogP contribution >= 0.6 is 0 Å². The van der Waals surface area contributed by atoms with Crippen molar-refractivity contribution in [2.75, 3.05) is 31.7 Å². The van der Waals surface area contributed by atoms with Crippen molar-refractivity contribution in [3.05, 3.63) is 59.7 Å². The number of imide groups is 1. The van der Waals surface area contributed by atoms with Crippen LogP contribution in [0.15, 0.2) is 48.5 Å². The number of carbonyl (C=O) groups excluding carboxylic acids is 4. The standard InChI is InChI=1S/C26H28N2O6/c1-33-21-8-6-7-19(15-21)23(29)17-34-26(32)18-9-11-20(12-10-18)28-24(30)16-22(25(28)31)27-13-4-2-3-5-14-27/h6-12,15,22H,2-5,13-14,16-17H2,1H3. The Hall–Kier alpha value is -3.52. The molecule has 0 aromatic heterocycles. The van der Waals surface area contributed by atoms with Crippen LogP contribution in [-0.4, -0.2) is 61.3 Å². The molecular weight excluding hydrogens is 436 g/mol. The van der Waals surface area contributed by atoms with E-state index in [0.717, 1.165) is 38.8 Å². The Morgan fingerprint density at radius 2 is 1.65 bits per heavy atom. The van der Waals surface area contributed by atoms with Crippen LogP contribution in [0.4, 0.5) is 5.69 Å². The lowest BCUT2D eigenvalue weighted by Crippen LogP contribution is -2.42. The van der Waals surface area contributed by atoms with Gasteiger partial charge in [0, 0.05) is 5.56 Å². The zero-order valence-electron chi connectivity index (χ0n) is 19.2. The maximum absolute atomic E-state index is 13.0. The van der Waals surface area contributed by atoms with Gasteiger partial charge in [-0.3, -0.25) is 19.3 Å². The zero-order valence-corrected chi connectivity index (χ0v) is 19.2. The minimum Gasteiger partial charge on any atom is -0.497 e. The van der Waals surface area contributed by atoms with Crippen LogP contribution in [0.2, 0.25) is 0 Å². The summed E-state index contributed by atoms with van der Waals surface area (Å²) in [7, 11) is 1.51. The van der Waals surface area contributed by atoms with E-state index in [1.807, 2.05) is 0 Å². The summed E-state index contributed by atoms with van der Waals surface area (Å²) >= 11 is 0. The van der Waals surface area contributed by atoms with E-state index in [0.29, 0.717) is 17.0 Å². The van der Waals surface area contributed by atoms with Crippen LogP contribution in [0.3, 0.4) is 0 Å². The number of methoxy groups -OCH3 is 1. The van der Waals surface area contributed by atoms with Gasteiger partial charge in [0.2, 0.25) is 5.91 Å². The van der Waals surface area contributed by atoms with Gasteiger partial charge in [-0.1, -0.05) is 25.0 Å². The second kappa shape index (κ2) is 10.6. The lowest BCUT2D eigenvalue weighted by atomic mass is 10.1. The number of likely N-dealkylation sites (tertiary alicyclic amines) is 1. The molecule has 178 valence electrons. The molecular formula is C26H28N2O6. The Bertz CT molecular complexity index is 1070. The van der Waals surface area contributed by atoms with Crippen LogP contribution in [0, 0.1) is 0 Å². The van der Waals surface area contributed by atoms with Crippen molar-refractivity contribution in [1.29, 1.82) is 0 Å². The number of anilines is 1. The number of amides is 2. The number of benzene rings is 2. The van der Waals surface area contributed by atoms with Crippen molar-refractivity contribution in [2.24, 2.45) is 0 Å². The van der Waals surface area contributed by atoms with Gasteiger partial charge in [-0.25, -0.2) is 9.69 Å². The maximum atomic E-state index is 13.0. The summed E-state index contributed by atoms with van der Waals surface area (Å²) in [5, 5.41) is 0. The van der Waals surface area contributed by atoms with Crippen LogP contribution in [-0.2, 0) is 14.3 Å². The van der Waals surface area contributed by atoms with Gasteiger partial charge in [-0.2, -0.15) is 0 Å². The first kappa shape index (κ1) is 23.6. The van der Waals surface area contributed by atoms with Crippen LogP contribution in [0.5, 0.6) is 5.75 Å². The number of Topliss-reactive ketones (excluding diaryl/α,β-unsaturated/α-hetero) is 1. The van der Waals surface area contributed by atoms with Crippen LogP contribution < -0.4 is 9.64 Å². The Morgan fingerprint density at radius 1 is 0.941 bits per heavy atom. The fraction of sp³-hybridized carbons (Fsp3) is 0.385. The number of ether oxygens (including phenoxy) is 2. The minimum absolute atomic E-state index is 0.176. The number of ketones is 1. The molecule has 0 radical (unpaired) electrons. The number of hydrogen-bond acceptors (Lipinski definition) is 7. The third-order valence-electron chi connectivity index (χ3n) is 6.29. The molecule has 1 atom stereocenters. The largest absolute Gasteiger partial charge is 0.497 e. The summed E-state index contributed by atoms with van der Waals surface area (Å²) < 4.78 is 10.3. The lowest BCUT2D eigenvalue weighted by Gasteiger charge is -2.25. The van der Waals surface area contributed by atoms with E-state index in [9.17, 15) is 19.2 Å². The quantitative estimate of drug-likeness (QED) is 0.353. The summed E-state index contributed by atoms with van der Waals surface area (Å²) in [5.41, 5.74) is 1.04. The van der Waals surface area contributed by atoms with Crippen molar-refractivity contribution in [3.63, 3.8) is 0 Å². The Balaban J connectivity index is 1.37. The summed E-state index contributed by atoms with van der Waals surface area (Å²) in [6.07, 6.45) is 4.55. The summed E-state index contributed by atoms with van der Waals surface area (Å²) in [6.45, 7) is 1.25. The van der Waals surface area contributed by atoms with Crippen molar-refractivity contribution in [2.45, 2.75) is 38.1 Å². The normalized spacial score (nSPS) is 19.1. The van der Waals surface area contributed by atoms with E-state index < -0.39 is 18.6 Å². The van der Waals surface area contributed by atoms with E-state index in [2.05, 4.69) is 4.90 Å². The Morgan fingerprint density at radius 3 is 2.32 bits per heavy atom. The van der Waals surface area contributed by atoms with Gasteiger partial charge >= 0.3 is 5.97 Å². The fourth-order valence-electron chi connectivity index (χ4n) is 4.42. The molecule has 2 aliphatic heterocycles. The molecule has 2 saturated heterocycles. The number of nitrogens with zero attached hydrogens (tertiary/aromatic N) is 2. The fourth-order valence-corrected chi connectivity index (χ4v) is 4.42. The number of esters is 1. The molecule has 2 fully saturated rings. The van der Waals surface area contributed by atoms with Gasteiger partial charge in [0.15, 0.2) is 12.4 Å². The van der Waals surface area contributed by atoms with E-state index in [1.165, 1.54) is 24.1 Å². The molecule has 0 bridgehead atoms. The lowest BCUT2D eigenvalue weighted by molar-refractivity contribution is -0.122. The molecule has 0 aliphatic carbocycles. The van der Waals surface area contributed by atoms with Crippen molar-refractivity contribution in [1.82, 2.24) is 4.90 Å². The number of carbonyl (C=O) groups is 4. The minimum atomic E-state index is -0.663. The second-order valence-corrected chi connectivity index (χ2v) is 8.52. The summed E-state index contributed by atoms with van der Waals surface area (Å²) in [4.78, 5) is 53.7. The highest BCUT2D eigenvalue weighted by Gasteiger charge is 2.42. The van der Waals surface area contributed by atoms with E-state index in [1.54, 1.807) is 36.4 Å². The van der Waals surface area contributed by atoms with Crippen LogP contribution in [0.1, 0.15) is 52.8 Å². The molecule has 0 N–H and O–H groups in total. The Labute approximate surface area is 198 Å². The molecule has 34 heavy (non-hydrogen) atoms. The second-order valence-electron chi connectivity index (χ2n) is 8.52. The third kappa shape index (κ3) is 5.17. The van der Waals surface area contributed by atoms with E-state index in [4.69, 9.17) is 9.47 Å². The number of rotatable bonds is 7. The van der Waals surface area contributed by atoms with Crippen LogP contribution in [0.25, 0.3) is 0 Å². The van der Waals surface area contributed by atoms with Gasteiger partial charge in [0.25, 0.3) is 5.91 Å². The van der Waals surface area contributed by atoms with Gasteiger partial charge in [0.05, 0.1) is 30.8 Å². The third-order valence-corrected chi connectivity index (χ3v) is 6.29. The SMILES string of the molecule is COc1cccc(C(=O)COC(=O)c2ccc(N3C(=O)CC(N4CCCCCC4)C3=O)cc2)c1. The Kier molecular flexibility index (Phi) is 7.37. The molecule has 8 nitrogen and oxygen atoms in total. The first-order valence-electron chi connectivity index (χ1n) is 11.5. The zero-order chi connectivity index (χ0) is 24.1. The molecule has 0 saturated carbocycles. The molecule has 8 heteroatoms. The molecule has 2 heterocycles. The molecule has 2 aromatic carbocycles. The maximum Gasteiger partial charge on any atom is 0.338 e. The van der Waals surface area contributed by atoms with Gasteiger partial charge in [-0.05, 0) is 62.3 Å². The van der Waals surface area contributed by atoms with Gasteiger partial charge < -0.3 is 9.47 Å². The van der Waals surface area contributed by atoms with E-state index in [-0.39, 0.29) is 29.6 Å². The first-order valence-corrected chi connectivity index (χ1v) is 11.5. The first-order chi connectivity index (χ1) is 16.5. The highest BCUT2D eigenvalue weighted by molar-refractivity contribution is 6.22. The molecule has 2 aromatic rings. The molecule has 2 amide bonds. The molecule has 0 spiro atoms. The highest BCUT2D eigenvalue weighted by Crippen LogP contribution is 2.27. The number of hydrogen-bond donors (Lipinski definition) is 0. The van der Waals surface area contributed by atoms with Crippen molar-refractivity contribution < 1.29 is 28.7 Å². The van der Waals surface area contributed by atoms with Gasteiger partial charge in [-0.15, -0.1) is 0 Å². The monoisotopic (exact) mass is 464 g/mol. The smallest absolute Gasteiger partial charge is 0.338 e. The highest BCUT2D eigenvalue weighted by atomic mass is 16.5. The predicted octanol–water partition coefficient (Wildman–Crippen LogP) is 3.24. The molecule has 4 rings (SSSR count).